The molecule has 0 saturated carbocycles. The van der Waals surface area contributed by atoms with E-state index in [1.165, 1.54) is 11.3 Å². The first-order chi connectivity index (χ1) is 16.1. The molecule has 1 amide bonds. The highest BCUT2D eigenvalue weighted by molar-refractivity contribution is 7.89. The highest BCUT2D eigenvalue weighted by Gasteiger charge is 2.32. The number of sulfonamides is 1. The van der Waals surface area contributed by atoms with Crippen LogP contribution < -0.4 is 21.1 Å². The van der Waals surface area contributed by atoms with Gasteiger partial charge >= 0.3 is 0 Å². The van der Waals surface area contributed by atoms with Crippen molar-refractivity contribution in [3.63, 3.8) is 0 Å². The van der Waals surface area contributed by atoms with E-state index in [2.05, 4.69) is 11.6 Å². The number of thiophene rings is 1. The molecule has 11 heteroatoms. The van der Waals surface area contributed by atoms with Crippen LogP contribution in [0.4, 0.5) is 11.5 Å². The van der Waals surface area contributed by atoms with Crippen LogP contribution in [0.15, 0.2) is 35.2 Å². The van der Waals surface area contributed by atoms with Crippen LogP contribution in [0.1, 0.15) is 40.6 Å². The number of aliphatic hydroxyl groups excluding tert-OH is 1. The van der Waals surface area contributed by atoms with Gasteiger partial charge in [0.1, 0.15) is 15.5 Å². The van der Waals surface area contributed by atoms with E-state index in [-0.39, 0.29) is 11.4 Å². The van der Waals surface area contributed by atoms with Crippen molar-refractivity contribution in [2.75, 3.05) is 23.7 Å². The summed E-state index contributed by atoms with van der Waals surface area (Å²) in [5.74, 6) is 0.0775. The summed E-state index contributed by atoms with van der Waals surface area (Å²) < 4.78 is 28.2. The number of aromatic nitrogens is 1. The third-order valence-corrected chi connectivity index (χ3v) is 8.67. The summed E-state index contributed by atoms with van der Waals surface area (Å²) in [6.45, 7) is 4.67. The summed E-state index contributed by atoms with van der Waals surface area (Å²) in [6, 6.07) is 7.92. The molecule has 1 aliphatic rings. The fourth-order valence-corrected chi connectivity index (χ4v) is 6.55. The Balaban J connectivity index is 1.56. The zero-order valence-electron chi connectivity index (χ0n) is 19.1. The average Bonchev–Trinajstić information content (AvgIpc) is 3.12. The highest BCUT2D eigenvalue weighted by atomic mass is 32.2. The Morgan fingerprint density at radius 2 is 2.03 bits per heavy atom. The van der Waals surface area contributed by atoms with E-state index in [4.69, 9.17) is 16.5 Å². The quantitative estimate of drug-likeness (QED) is 0.385. The zero-order valence-corrected chi connectivity index (χ0v) is 20.7. The van der Waals surface area contributed by atoms with Gasteiger partial charge in [0.2, 0.25) is 10.0 Å². The van der Waals surface area contributed by atoms with Crippen LogP contribution in [0.5, 0.6) is 0 Å². The minimum Gasteiger partial charge on any atom is -0.397 e. The van der Waals surface area contributed by atoms with Crippen molar-refractivity contribution in [1.29, 1.82) is 0 Å². The van der Waals surface area contributed by atoms with E-state index >= 15 is 0 Å². The standard InChI is InChI=1S/C23H29N5O4S2/c1-3-4-14-11-18(26-23-19(14)20(24)21(33-23)22(25)30)28-10-9-16(17(29)12-28)27-34(31,32)15-7-5-13(2)6-8-15/h5-8,11,16-17,27,29H,3-4,9-10,12,24H2,1-2H3,(H2,25,30). The molecule has 9 nitrogen and oxygen atoms in total. The van der Waals surface area contributed by atoms with Crippen molar-refractivity contribution in [1.82, 2.24) is 9.71 Å². The normalized spacial score (nSPS) is 19.0. The van der Waals surface area contributed by atoms with E-state index in [1.54, 1.807) is 24.3 Å². The van der Waals surface area contributed by atoms with Crippen LogP contribution >= 0.6 is 11.3 Å². The van der Waals surface area contributed by atoms with Crippen LogP contribution in [0, 0.1) is 6.92 Å². The van der Waals surface area contributed by atoms with Crippen LogP contribution in [0.25, 0.3) is 10.2 Å². The SMILES string of the molecule is CCCc1cc(N2CCC(NS(=O)(=O)c3ccc(C)cc3)C(O)C2)nc2sc(C(N)=O)c(N)c12. The number of primary amides is 1. The first-order valence-electron chi connectivity index (χ1n) is 11.1. The number of hydrogen-bond acceptors (Lipinski definition) is 8. The van der Waals surface area contributed by atoms with Gasteiger partial charge in [-0.3, -0.25) is 4.79 Å². The molecule has 2 atom stereocenters. The van der Waals surface area contributed by atoms with Crippen molar-refractivity contribution < 1.29 is 18.3 Å². The Morgan fingerprint density at radius 3 is 2.65 bits per heavy atom. The van der Waals surface area contributed by atoms with Crippen molar-refractivity contribution in [3.05, 3.63) is 46.3 Å². The number of rotatable bonds is 7. The lowest BCUT2D eigenvalue weighted by molar-refractivity contribution is 0.100. The topological polar surface area (TPSA) is 152 Å². The second-order valence-corrected chi connectivity index (χ2v) is 11.3. The molecule has 2 unspecified atom stereocenters. The Labute approximate surface area is 202 Å². The monoisotopic (exact) mass is 503 g/mol. The number of benzene rings is 1. The van der Waals surface area contributed by atoms with Crippen molar-refractivity contribution in [3.8, 4) is 0 Å². The molecule has 4 rings (SSSR count). The number of nitrogens with two attached hydrogens (primary N) is 2. The summed E-state index contributed by atoms with van der Waals surface area (Å²) in [5, 5.41) is 11.5. The molecule has 182 valence electrons. The summed E-state index contributed by atoms with van der Waals surface area (Å²) in [7, 11) is -3.74. The number of nitrogens with one attached hydrogen (secondary N) is 1. The first-order valence-corrected chi connectivity index (χ1v) is 13.4. The average molecular weight is 504 g/mol. The number of aryl methyl sites for hydroxylation is 2. The number of hydrogen-bond donors (Lipinski definition) is 4. The van der Waals surface area contributed by atoms with Crippen LogP contribution in [0.2, 0.25) is 0 Å². The van der Waals surface area contributed by atoms with Crippen LogP contribution in [0.3, 0.4) is 0 Å². The predicted octanol–water partition coefficient (Wildman–Crippen LogP) is 2.16. The molecule has 0 aliphatic carbocycles. The van der Waals surface area contributed by atoms with Gasteiger partial charge in [0.25, 0.3) is 5.91 Å². The van der Waals surface area contributed by atoms with Gasteiger partial charge in [0.15, 0.2) is 0 Å². The first kappa shape index (κ1) is 24.4. The molecule has 1 saturated heterocycles. The minimum atomic E-state index is -3.74. The Hall–Kier alpha value is -2.73. The number of piperidine rings is 1. The fourth-order valence-electron chi connectivity index (χ4n) is 4.26. The lowest BCUT2D eigenvalue weighted by Gasteiger charge is -2.37. The van der Waals surface area contributed by atoms with Crippen molar-refractivity contribution in [2.45, 2.75) is 50.2 Å². The van der Waals surface area contributed by atoms with Gasteiger partial charge in [-0.05, 0) is 43.5 Å². The number of pyridine rings is 1. The maximum atomic E-state index is 12.8. The van der Waals surface area contributed by atoms with Crippen molar-refractivity contribution in [2.24, 2.45) is 5.73 Å². The molecule has 6 N–H and O–H groups in total. The molecular formula is C23H29N5O4S2. The summed E-state index contributed by atoms with van der Waals surface area (Å²) in [4.78, 5) is 19.5. The Kier molecular flexibility index (Phi) is 6.81. The van der Waals surface area contributed by atoms with Gasteiger partial charge < -0.3 is 21.5 Å². The van der Waals surface area contributed by atoms with Crippen LogP contribution in [-0.4, -0.2) is 49.7 Å². The number of aliphatic hydroxyl groups is 1. The molecule has 0 bridgehead atoms. The number of nitrogen functional groups attached to an aromatic ring is 1. The number of carbonyl (C=O) groups is 1. The lowest BCUT2D eigenvalue weighted by atomic mass is 10.0. The molecule has 2 aromatic heterocycles. The molecule has 3 heterocycles. The van der Waals surface area contributed by atoms with Gasteiger partial charge in [0.05, 0.1) is 22.7 Å². The molecule has 3 aromatic rings. The number of anilines is 2. The van der Waals surface area contributed by atoms with E-state index in [9.17, 15) is 18.3 Å². The second-order valence-electron chi connectivity index (χ2n) is 8.62. The smallest absolute Gasteiger partial charge is 0.260 e. The number of β-amino-alcohol motifs (C(OH)–C–C–N with tert-alkyl or cyclic N) is 1. The maximum Gasteiger partial charge on any atom is 0.260 e. The number of amides is 1. The summed E-state index contributed by atoms with van der Waals surface area (Å²) >= 11 is 1.17. The van der Waals surface area contributed by atoms with Gasteiger partial charge in [-0.1, -0.05) is 31.0 Å². The van der Waals surface area contributed by atoms with Gasteiger partial charge in [-0.25, -0.2) is 18.1 Å². The van der Waals surface area contributed by atoms with E-state index in [0.717, 1.165) is 29.4 Å². The third-order valence-electron chi connectivity index (χ3n) is 6.05. The van der Waals surface area contributed by atoms with Gasteiger partial charge in [-0.2, -0.15) is 0 Å². The second kappa shape index (κ2) is 9.49. The van der Waals surface area contributed by atoms with E-state index in [1.807, 2.05) is 17.9 Å². The highest BCUT2D eigenvalue weighted by Crippen LogP contribution is 2.37. The summed E-state index contributed by atoms with van der Waals surface area (Å²) in [6.07, 6.45) is 1.12. The maximum absolute atomic E-state index is 12.8. The molecule has 1 fully saturated rings. The largest absolute Gasteiger partial charge is 0.397 e. The molecule has 1 aliphatic heterocycles. The van der Waals surface area contributed by atoms with E-state index < -0.39 is 28.1 Å². The summed E-state index contributed by atoms with van der Waals surface area (Å²) in [5.41, 5.74) is 14.0. The molecule has 0 spiro atoms. The van der Waals surface area contributed by atoms with Crippen LogP contribution in [-0.2, 0) is 16.4 Å². The van der Waals surface area contributed by atoms with E-state index in [0.29, 0.717) is 34.2 Å². The fraction of sp³-hybridized carbons (Fsp3) is 0.391. The molecule has 0 radical (unpaired) electrons. The number of nitrogens with zero attached hydrogens (tertiary/aromatic N) is 2. The Morgan fingerprint density at radius 1 is 1.32 bits per heavy atom. The number of carbonyl (C=O) groups excluding carboxylic acids is 1. The minimum absolute atomic E-state index is 0.171. The Bertz CT molecular complexity index is 1320. The van der Waals surface area contributed by atoms with Gasteiger partial charge in [0, 0.05) is 18.5 Å². The molecule has 34 heavy (non-hydrogen) atoms. The zero-order chi connectivity index (χ0) is 24.6. The molecule has 1 aromatic carbocycles. The molecular weight excluding hydrogens is 474 g/mol. The lowest BCUT2D eigenvalue weighted by Crippen LogP contribution is -2.54. The third kappa shape index (κ3) is 4.74. The predicted molar refractivity (Wildman–Crippen MR) is 135 cm³/mol. The number of fused-ring (bicyclic) bond motifs is 1. The van der Waals surface area contributed by atoms with Crippen molar-refractivity contribution >= 4 is 49.0 Å². The van der Waals surface area contributed by atoms with Gasteiger partial charge in [-0.15, -0.1) is 11.3 Å².